The molecule has 8 heteroatoms. The molecule has 1 heterocycles. The van der Waals surface area contributed by atoms with Crippen molar-refractivity contribution in [2.24, 2.45) is 13.0 Å². The number of aromatic nitrogens is 2. The number of sulfonamides is 1. The lowest BCUT2D eigenvalue weighted by Gasteiger charge is -2.18. The van der Waals surface area contributed by atoms with Crippen LogP contribution in [0.1, 0.15) is 30.5 Å². The van der Waals surface area contributed by atoms with Crippen molar-refractivity contribution in [2.45, 2.75) is 38.0 Å². The standard InChI is InChI=1S/C13H21N3O4S/c1-9-10(8-16(2)15-9)7-14-21(18,19)12-6-4-5-11(12)13(17)20-3/h8,11-12,14H,4-7H2,1-3H3. The molecule has 1 aliphatic rings. The van der Waals surface area contributed by atoms with Crippen LogP contribution in [0.5, 0.6) is 0 Å². The molecular formula is C13H21N3O4S. The first-order valence-electron chi connectivity index (χ1n) is 6.90. The van der Waals surface area contributed by atoms with Crippen LogP contribution in [0.2, 0.25) is 0 Å². The average Bonchev–Trinajstić information content (AvgIpc) is 3.02. The summed E-state index contributed by atoms with van der Waals surface area (Å²) in [5.74, 6) is -1.01. The summed E-state index contributed by atoms with van der Waals surface area (Å²) in [6, 6.07) is 0. The molecule has 0 saturated heterocycles. The summed E-state index contributed by atoms with van der Waals surface area (Å²) < 4.78 is 33.8. The minimum Gasteiger partial charge on any atom is -0.469 e. The van der Waals surface area contributed by atoms with Crippen molar-refractivity contribution in [2.75, 3.05) is 7.11 Å². The highest BCUT2D eigenvalue weighted by Crippen LogP contribution is 2.31. The predicted molar refractivity (Wildman–Crippen MR) is 76.8 cm³/mol. The molecule has 0 spiro atoms. The van der Waals surface area contributed by atoms with Gasteiger partial charge in [-0.15, -0.1) is 0 Å². The molecule has 2 atom stereocenters. The van der Waals surface area contributed by atoms with Gasteiger partial charge in [0.2, 0.25) is 10.0 Å². The number of nitrogens with one attached hydrogen (secondary N) is 1. The van der Waals surface area contributed by atoms with Gasteiger partial charge in [-0.1, -0.05) is 6.42 Å². The van der Waals surface area contributed by atoms with Gasteiger partial charge in [0.1, 0.15) is 0 Å². The van der Waals surface area contributed by atoms with Crippen LogP contribution in [0.15, 0.2) is 6.20 Å². The maximum Gasteiger partial charge on any atom is 0.310 e. The molecular weight excluding hydrogens is 294 g/mol. The maximum absolute atomic E-state index is 12.4. The van der Waals surface area contributed by atoms with Gasteiger partial charge in [-0.05, 0) is 19.8 Å². The van der Waals surface area contributed by atoms with Gasteiger partial charge in [0.25, 0.3) is 0 Å². The van der Waals surface area contributed by atoms with Crippen LogP contribution in [0.3, 0.4) is 0 Å². The molecule has 21 heavy (non-hydrogen) atoms. The van der Waals surface area contributed by atoms with E-state index in [1.807, 2.05) is 6.92 Å². The van der Waals surface area contributed by atoms with Crippen molar-refractivity contribution in [1.29, 1.82) is 0 Å². The number of nitrogens with zero attached hydrogens (tertiary/aromatic N) is 2. The minimum absolute atomic E-state index is 0.187. The number of esters is 1. The Balaban J connectivity index is 2.07. The Morgan fingerprint density at radius 2 is 2.24 bits per heavy atom. The first kappa shape index (κ1) is 16.0. The van der Waals surface area contributed by atoms with Gasteiger partial charge in [-0.3, -0.25) is 9.48 Å². The Bertz CT molecular complexity index is 623. The molecule has 1 aliphatic carbocycles. The second-order valence-corrected chi connectivity index (χ2v) is 7.36. The number of hydrogen-bond donors (Lipinski definition) is 1. The lowest BCUT2D eigenvalue weighted by atomic mass is 10.1. The van der Waals surface area contributed by atoms with Crippen LogP contribution in [-0.2, 0) is 33.1 Å². The van der Waals surface area contributed by atoms with E-state index in [0.29, 0.717) is 12.8 Å². The lowest BCUT2D eigenvalue weighted by molar-refractivity contribution is -0.145. The van der Waals surface area contributed by atoms with Gasteiger partial charge >= 0.3 is 5.97 Å². The molecule has 2 unspecified atom stereocenters. The third-order valence-corrected chi connectivity index (χ3v) is 5.84. The van der Waals surface area contributed by atoms with Crippen molar-refractivity contribution < 1.29 is 17.9 Å². The van der Waals surface area contributed by atoms with E-state index in [4.69, 9.17) is 4.74 Å². The second kappa shape index (κ2) is 6.15. The van der Waals surface area contributed by atoms with Crippen molar-refractivity contribution in [3.05, 3.63) is 17.5 Å². The fraction of sp³-hybridized carbons (Fsp3) is 0.692. The molecule has 1 saturated carbocycles. The smallest absolute Gasteiger partial charge is 0.310 e. The molecule has 0 bridgehead atoms. The summed E-state index contributed by atoms with van der Waals surface area (Å²) in [6.45, 7) is 2.02. The summed E-state index contributed by atoms with van der Waals surface area (Å²) in [7, 11) is -0.482. The summed E-state index contributed by atoms with van der Waals surface area (Å²) in [4.78, 5) is 11.7. The number of carbonyl (C=O) groups is 1. The van der Waals surface area contributed by atoms with Crippen LogP contribution >= 0.6 is 0 Å². The molecule has 2 rings (SSSR count). The molecule has 1 aromatic heterocycles. The number of ether oxygens (including phenoxy) is 1. The van der Waals surface area contributed by atoms with Crippen molar-refractivity contribution >= 4 is 16.0 Å². The van der Waals surface area contributed by atoms with E-state index in [-0.39, 0.29) is 6.54 Å². The molecule has 0 aromatic carbocycles. The number of methoxy groups -OCH3 is 1. The summed E-state index contributed by atoms with van der Waals surface area (Å²) >= 11 is 0. The molecule has 1 N–H and O–H groups in total. The van der Waals surface area contributed by atoms with E-state index >= 15 is 0 Å². The SMILES string of the molecule is COC(=O)C1CCCC1S(=O)(=O)NCc1cn(C)nc1C. The van der Waals surface area contributed by atoms with E-state index in [1.165, 1.54) is 7.11 Å². The first-order valence-corrected chi connectivity index (χ1v) is 8.45. The van der Waals surface area contributed by atoms with Gasteiger partial charge in [-0.25, -0.2) is 13.1 Å². The van der Waals surface area contributed by atoms with E-state index in [2.05, 4.69) is 9.82 Å². The van der Waals surface area contributed by atoms with Crippen molar-refractivity contribution in [3.8, 4) is 0 Å². The Hall–Kier alpha value is -1.41. The number of hydrogen-bond acceptors (Lipinski definition) is 5. The van der Waals surface area contributed by atoms with E-state index in [1.54, 1.807) is 17.9 Å². The summed E-state index contributed by atoms with van der Waals surface area (Å²) in [5, 5.41) is 3.47. The summed E-state index contributed by atoms with van der Waals surface area (Å²) in [5.41, 5.74) is 1.62. The molecule has 1 fully saturated rings. The van der Waals surface area contributed by atoms with Crippen molar-refractivity contribution in [1.82, 2.24) is 14.5 Å². The third-order valence-electron chi connectivity index (χ3n) is 3.93. The van der Waals surface area contributed by atoms with Crippen LogP contribution in [-0.4, -0.2) is 36.5 Å². The zero-order chi connectivity index (χ0) is 15.6. The Morgan fingerprint density at radius 1 is 1.52 bits per heavy atom. The second-order valence-electron chi connectivity index (χ2n) is 5.38. The van der Waals surface area contributed by atoms with Gasteiger partial charge in [0.15, 0.2) is 0 Å². The van der Waals surface area contributed by atoms with Crippen molar-refractivity contribution in [3.63, 3.8) is 0 Å². The highest BCUT2D eigenvalue weighted by Gasteiger charge is 2.42. The average molecular weight is 315 g/mol. The fourth-order valence-electron chi connectivity index (χ4n) is 2.83. The highest BCUT2D eigenvalue weighted by atomic mass is 32.2. The van der Waals surface area contributed by atoms with Crippen LogP contribution < -0.4 is 4.72 Å². The van der Waals surface area contributed by atoms with E-state index < -0.39 is 27.2 Å². The van der Waals surface area contributed by atoms with Crippen LogP contribution in [0.25, 0.3) is 0 Å². The van der Waals surface area contributed by atoms with Gasteiger partial charge in [-0.2, -0.15) is 5.10 Å². The normalized spacial score (nSPS) is 22.4. The number of rotatable bonds is 5. The first-order chi connectivity index (χ1) is 9.85. The quantitative estimate of drug-likeness (QED) is 0.799. The Labute approximate surface area is 124 Å². The van der Waals surface area contributed by atoms with Gasteiger partial charge in [0.05, 0.1) is 24.0 Å². The fourth-order valence-corrected chi connectivity index (χ4v) is 4.55. The van der Waals surface area contributed by atoms with Gasteiger partial charge in [0, 0.05) is 25.4 Å². The highest BCUT2D eigenvalue weighted by molar-refractivity contribution is 7.90. The number of aryl methyl sites for hydroxylation is 2. The topological polar surface area (TPSA) is 90.3 Å². The van der Waals surface area contributed by atoms with Crippen LogP contribution in [0.4, 0.5) is 0 Å². The molecule has 7 nitrogen and oxygen atoms in total. The molecule has 0 amide bonds. The molecule has 1 aromatic rings. The molecule has 0 aliphatic heterocycles. The molecule has 118 valence electrons. The zero-order valence-corrected chi connectivity index (χ0v) is 13.3. The zero-order valence-electron chi connectivity index (χ0n) is 12.5. The summed E-state index contributed by atoms with van der Waals surface area (Å²) in [6.07, 6.45) is 3.55. The maximum atomic E-state index is 12.4. The van der Waals surface area contributed by atoms with E-state index in [0.717, 1.165) is 17.7 Å². The van der Waals surface area contributed by atoms with Crippen LogP contribution in [0, 0.1) is 12.8 Å². The molecule has 0 radical (unpaired) electrons. The largest absolute Gasteiger partial charge is 0.469 e. The lowest BCUT2D eigenvalue weighted by Crippen LogP contribution is -2.39. The Kier molecular flexibility index (Phi) is 4.67. The Morgan fingerprint density at radius 3 is 2.81 bits per heavy atom. The van der Waals surface area contributed by atoms with Gasteiger partial charge < -0.3 is 4.74 Å². The third kappa shape index (κ3) is 3.44. The minimum atomic E-state index is -3.56. The number of carbonyl (C=O) groups excluding carboxylic acids is 1. The predicted octanol–water partition coefficient (Wildman–Crippen LogP) is 0.490. The van der Waals surface area contributed by atoms with E-state index in [9.17, 15) is 13.2 Å². The monoisotopic (exact) mass is 315 g/mol.